The second-order valence-corrected chi connectivity index (χ2v) is 7.84. The van der Waals surface area contributed by atoms with Gasteiger partial charge in [-0.15, -0.1) is 0 Å². The highest BCUT2D eigenvalue weighted by Gasteiger charge is 2.19. The number of unbranched alkanes of at least 4 members (excludes halogenated alkanes) is 2. The Kier molecular flexibility index (Phi) is 18.0. The van der Waals surface area contributed by atoms with Gasteiger partial charge in [0.25, 0.3) is 0 Å². The average molecular weight is 492 g/mol. The number of carbonyl (C=O) groups is 4. The Morgan fingerprint density at radius 2 is 1.15 bits per heavy atom. The molecule has 0 unspecified atom stereocenters. The van der Waals surface area contributed by atoms with E-state index in [0.29, 0.717) is 38.8 Å². The summed E-state index contributed by atoms with van der Waals surface area (Å²) in [5.74, 6) is -0.488. The Labute approximate surface area is 199 Å². The van der Waals surface area contributed by atoms with E-state index < -0.39 is 42.3 Å². The average Bonchev–Trinajstić information content (AvgIpc) is 2.78. The molecular formula is C20H41N7O7. The van der Waals surface area contributed by atoms with Crippen molar-refractivity contribution in [1.29, 1.82) is 0 Å². The third-order valence-corrected chi connectivity index (χ3v) is 4.69. The summed E-state index contributed by atoms with van der Waals surface area (Å²) in [5, 5.41) is 5.25. The third-order valence-electron chi connectivity index (χ3n) is 4.69. The Hall–Kier alpha value is -2.84. The van der Waals surface area contributed by atoms with Crippen LogP contribution in [-0.2, 0) is 19.0 Å². The molecule has 0 radical (unpaired) electrons. The van der Waals surface area contributed by atoms with Gasteiger partial charge in [-0.2, -0.15) is 0 Å². The summed E-state index contributed by atoms with van der Waals surface area (Å²) in [5.41, 5.74) is 26.8. The number of amides is 4. The van der Waals surface area contributed by atoms with Gasteiger partial charge in [0.15, 0.2) is 0 Å². The van der Waals surface area contributed by atoms with Crippen molar-refractivity contribution in [2.75, 3.05) is 32.9 Å². The number of hydrogen-bond donors (Lipinski definition) is 7. The first-order valence-corrected chi connectivity index (χ1v) is 11.4. The number of nitrogens with one attached hydrogen (secondary N) is 2. The van der Waals surface area contributed by atoms with Gasteiger partial charge in [0.1, 0.15) is 19.8 Å². The molecule has 0 aliphatic heterocycles. The fourth-order valence-electron chi connectivity index (χ4n) is 2.83. The van der Waals surface area contributed by atoms with E-state index in [4.69, 9.17) is 42.9 Å². The molecule has 0 heterocycles. The maximum absolute atomic E-state index is 12.2. The predicted octanol–water partition coefficient (Wildman–Crippen LogP) is -0.878. The zero-order valence-corrected chi connectivity index (χ0v) is 19.7. The first-order valence-electron chi connectivity index (χ1n) is 11.4. The summed E-state index contributed by atoms with van der Waals surface area (Å²) in [7, 11) is 0. The molecule has 34 heavy (non-hydrogen) atoms. The molecule has 0 spiro atoms. The lowest BCUT2D eigenvalue weighted by Gasteiger charge is -2.21. The molecule has 0 rings (SSSR count). The van der Waals surface area contributed by atoms with E-state index in [0.717, 1.165) is 12.8 Å². The molecule has 0 fully saturated rings. The van der Waals surface area contributed by atoms with E-state index in [-0.39, 0.29) is 32.7 Å². The maximum atomic E-state index is 12.2. The highest BCUT2D eigenvalue weighted by molar-refractivity contribution is 5.73. The molecular weight excluding hydrogens is 450 g/mol. The highest BCUT2D eigenvalue weighted by Crippen LogP contribution is 2.05. The van der Waals surface area contributed by atoms with Crippen LogP contribution >= 0.6 is 0 Å². The fraction of sp³-hybridized carbons (Fsp3) is 0.800. The van der Waals surface area contributed by atoms with Crippen molar-refractivity contribution in [2.45, 2.75) is 69.5 Å². The first-order chi connectivity index (χ1) is 16.2. The van der Waals surface area contributed by atoms with E-state index in [1.807, 2.05) is 0 Å². The van der Waals surface area contributed by atoms with E-state index in [1.54, 1.807) is 0 Å². The molecule has 0 aromatic heterocycles. The Balaban J connectivity index is 4.65. The largest absolute Gasteiger partial charge is 0.448 e. The van der Waals surface area contributed by atoms with Crippen LogP contribution in [0.5, 0.6) is 0 Å². The zero-order chi connectivity index (χ0) is 25.8. The summed E-state index contributed by atoms with van der Waals surface area (Å²) in [6.07, 6.45) is 1.85. The van der Waals surface area contributed by atoms with Crippen molar-refractivity contribution in [2.24, 2.45) is 28.7 Å². The Morgan fingerprint density at radius 3 is 1.59 bits per heavy atom. The van der Waals surface area contributed by atoms with Gasteiger partial charge in [0.05, 0.1) is 12.1 Å². The number of carbonyl (C=O) groups excluding carboxylic acids is 4. The molecule has 12 N–H and O–H groups in total. The predicted molar refractivity (Wildman–Crippen MR) is 124 cm³/mol. The number of nitrogens with two attached hydrogens (primary N) is 5. The topological polar surface area (TPSA) is 250 Å². The smallest absolute Gasteiger partial charge is 0.407 e. The lowest BCUT2D eigenvalue weighted by molar-refractivity contribution is -0.118. The molecule has 0 aliphatic carbocycles. The highest BCUT2D eigenvalue weighted by atomic mass is 16.6. The van der Waals surface area contributed by atoms with Crippen molar-refractivity contribution in [1.82, 2.24) is 10.6 Å². The minimum absolute atomic E-state index is 0.0918. The number of primary amides is 2. The van der Waals surface area contributed by atoms with E-state index >= 15 is 0 Å². The van der Waals surface area contributed by atoms with Gasteiger partial charge in [0, 0.05) is 12.5 Å². The van der Waals surface area contributed by atoms with Gasteiger partial charge < -0.3 is 53.5 Å². The van der Waals surface area contributed by atoms with Crippen LogP contribution in [0.4, 0.5) is 14.4 Å². The zero-order valence-electron chi connectivity index (χ0n) is 19.7. The van der Waals surface area contributed by atoms with Crippen LogP contribution in [0.15, 0.2) is 0 Å². The number of alkyl carbamates (subject to hydrolysis) is 2. The summed E-state index contributed by atoms with van der Waals surface area (Å²) >= 11 is 0. The van der Waals surface area contributed by atoms with Crippen LogP contribution in [0.1, 0.15) is 51.4 Å². The summed E-state index contributed by atoms with van der Waals surface area (Å²) in [4.78, 5) is 46.0. The van der Waals surface area contributed by atoms with Crippen LogP contribution in [0.3, 0.4) is 0 Å². The van der Waals surface area contributed by atoms with Crippen LogP contribution < -0.4 is 39.3 Å². The lowest BCUT2D eigenvalue weighted by Crippen LogP contribution is -2.44. The summed E-state index contributed by atoms with van der Waals surface area (Å²) in [6, 6.07) is -1.55. The van der Waals surface area contributed by atoms with E-state index in [2.05, 4.69) is 10.6 Å². The van der Waals surface area contributed by atoms with Gasteiger partial charge in [-0.3, -0.25) is 4.79 Å². The Bertz CT molecular complexity index is 610. The van der Waals surface area contributed by atoms with Gasteiger partial charge >= 0.3 is 18.3 Å². The van der Waals surface area contributed by atoms with Crippen molar-refractivity contribution in [3.8, 4) is 0 Å². The summed E-state index contributed by atoms with van der Waals surface area (Å²) in [6.45, 7) is 0.662. The van der Waals surface area contributed by atoms with E-state index in [9.17, 15) is 19.2 Å². The number of hydrogen-bond acceptors (Lipinski definition) is 10. The molecule has 0 aromatic rings. The van der Waals surface area contributed by atoms with Crippen LogP contribution in [0, 0.1) is 0 Å². The summed E-state index contributed by atoms with van der Waals surface area (Å²) < 4.78 is 15.1. The molecule has 0 aliphatic rings. The van der Waals surface area contributed by atoms with Crippen molar-refractivity contribution >= 4 is 24.2 Å². The molecule has 198 valence electrons. The van der Waals surface area contributed by atoms with Gasteiger partial charge in [0.2, 0.25) is 5.91 Å². The maximum Gasteiger partial charge on any atom is 0.407 e. The lowest BCUT2D eigenvalue weighted by atomic mass is 10.1. The standard InChI is InChI=1S/C20H41N7O7/c21-9-3-1-5-15(12-32-18(25)29)26-20(31)34-13-16(6-2-4-10-22)27-19(30)33-11-14(23)7-8-17(24)28/h14-16H,1-13,21-23H2,(H2,24,28)(H2,25,29)(H,26,31)(H,27,30)/t14-,15-,16-/m1/s1. The van der Waals surface area contributed by atoms with Crippen LogP contribution in [-0.4, -0.2) is 75.2 Å². The molecule has 0 saturated carbocycles. The molecule has 0 saturated heterocycles. The molecule has 14 nitrogen and oxygen atoms in total. The second-order valence-electron chi connectivity index (χ2n) is 7.84. The molecule has 14 heteroatoms. The van der Waals surface area contributed by atoms with Crippen molar-refractivity contribution < 1.29 is 33.4 Å². The quantitative estimate of drug-likeness (QED) is 0.0867. The number of rotatable bonds is 19. The number of ether oxygens (including phenoxy) is 3. The van der Waals surface area contributed by atoms with Crippen molar-refractivity contribution in [3.05, 3.63) is 0 Å². The Morgan fingerprint density at radius 1 is 0.676 bits per heavy atom. The van der Waals surface area contributed by atoms with Gasteiger partial charge in [-0.05, 0) is 45.2 Å². The molecule has 4 amide bonds. The first kappa shape index (κ1) is 31.2. The van der Waals surface area contributed by atoms with Gasteiger partial charge in [-0.1, -0.05) is 12.8 Å². The SMILES string of the molecule is NCCCC[C@H](COC(N)=O)NC(=O)OC[C@@H](CCCCN)NC(=O)OC[C@H](N)CCC(N)=O. The minimum Gasteiger partial charge on any atom is -0.448 e. The van der Waals surface area contributed by atoms with Crippen molar-refractivity contribution in [3.63, 3.8) is 0 Å². The molecule has 0 aromatic carbocycles. The van der Waals surface area contributed by atoms with Crippen LogP contribution in [0.25, 0.3) is 0 Å². The molecule has 0 bridgehead atoms. The van der Waals surface area contributed by atoms with Crippen LogP contribution in [0.2, 0.25) is 0 Å². The third kappa shape index (κ3) is 18.7. The normalized spacial score (nSPS) is 13.3. The fourth-order valence-corrected chi connectivity index (χ4v) is 2.83. The second kappa shape index (κ2) is 19.6. The molecule has 3 atom stereocenters. The van der Waals surface area contributed by atoms with E-state index in [1.165, 1.54) is 0 Å². The minimum atomic E-state index is -0.948. The van der Waals surface area contributed by atoms with Gasteiger partial charge in [-0.25, -0.2) is 14.4 Å². The monoisotopic (exact) mass is 491 g/mol.